The summed E-state index contributed by atoms with van der Waals surface area (Å²) in [5.41, 5.74) is 2.05. The highest BCUT2D eigenvalue weighted by Crippen LogP contribution is 2.19. The number of rotatable bonds is 4. The van der Waals surface area contributed by atoms with Gasteiger partial charge in [-0.3, -0.25) is 9.59 Å². The second-order valence-corrected chi connectivity index (χ2v) is 6.14. The highest BCUT2D eigenvalue weighted by molar-refractivity contribution is 5.81. The molecule has 1 saturated heterocycles. The molecule has 1 aromatic carbocycles. The zero-order valence-electron chi connectivity index (χ0n) is 13.5. The molecule has 132 valence electrons. The molecule has 2 rings (SSSR count). The molecule has 0 bridgehead atoms. The van der Waals surface area contributed by atoms with Crippen LogP contribution in [0.5, 0.6) is 0 Å². The van der Waals surface area contributed by atoms with Crippen molar-refractivity contribution in [2.24, 2.45) is 5.92 Å². The summed E-state index contributed by atoms with van der Waals surface area (Å²) in [6.45, 7) is 2.98. The van der Waals surface area contributed by atoms with Gasteiger partial charge in [0.05, 0.1) is 6.42 Å². The lowest BCUT2D eigenvalue weighted by Gasteiger charge is -2.32. The number of hydrogen-bond acceptors (Lipinski definition) is 2. The summed E-state index contributed by atoms with van der Waals surface area (Å²) in [5.74, 6) is -1.90. The Morgan fingerprint density at radius 2 is 1.83 bits per heavy atom. The molecule has 0 saturated carbocycles. The summed E-state index contributed by atoms with van der Waals surface area (Å²) in [4.78, 5) is 24.9. The second kappa shape index (κ2) is 7.68. The molecule has 2 amide bonds. The number of benzene rings is 1. The van der Waals surface area contributed by atoms with Crippen molar-refractivity contribution >= 4 is 11.8 Å². The van der Waals surface area contributed by atoms with E-state index in [4.69, 9.17) is 0 Å². The van der Waals surface area contributed by atoms with Crippen LogP contribution in [0.15, 0.2) is 24.3 Å². The van der Waals surface area contributed by atoms with Crippen LogP contribution in [0, 0.1) is 12.8 Å². The van der Waals surface area contributed by atoms with Crippen molar-refractivity contribution in [2.75, 3.05) is 19.6 Å². The van der Waals surface area contributed by atoms with Crippen LogP contribution in [-0.2, 0) is 16.0 Å². The monoisotopic (exact) mass is 342 g/mol. The molecule has 0 unspecified atom stereocenters. The number of hydrogen-bond donors (Lipinski definition) is 1. The van der Waals surface area contributed by atoms with Gasteiger partial charge in [0, 0.05) is 19.6 Å². The Balaban J connectivity index is 1.77. The van der Waals surface area contributed by atoms with Crippen LogP contribution in [0.2, 0.25) is 0 Å². The SMILES string of the molecule is Cc1ccccc1CC(=O)N1CCC(CNC(=O)C(F)(F)F)CC1. The zero-order valence-corrected chi connectivity index (χ0v) is 13.5. The van der Waals surface area contributed by atoms with E-state index in [2.05, 4.69) is 0 Å². The molecule has 1 aliphatic rings. The summed E-state index contributed by atoms with van der Waals surface area (Å²) in [5, 5.41) is 1.92. The van der Waals surface area contributed by atoms with Gasteiger partial charge < -0.3 is 10.2 Å². The van der Waals surface area contributed by atoms with Gasteiger partial charge in [0.15, 0.2) is 0 Å². The minimum absolute atomic E-state index is 0.00182. The highest BCUT2D eigenvalue weighted by Gasteiger charge is 2.38. The van der Waals surface area contributed by atoms with Gasteiger partial charge in [-0.1, -0.05) is 24.3 Å². The highest BCUT2D eigenvalue weighted by atomic mass is 19.4. The molecule has 24 heavy (non-hydrogen) atoms. The topological polar surface area (TPSA) is 49.4 Å². The van der Waals surface area contributed by atoms with Gasteiger partial charge in [0.1, 0.15) is 0 Å². The lowest BCUT2D eigenvalue weighted by molar-refractivity contribution is -0.173. The number of alkyl halides is 3. The molecule has 1 aromatic rings. The lowest BCUT2D eigenvalue weighted by atomic mass is 9.96. The van der Waals surface area contributed by atoms with Crippen LogP contribution in [0.25, 0.3) is 0 Å². The van der Waals surface area contributed by atoms with E-state index in [1.54, 1.807) is 4.90 Å². The molecule has 0 aliphatic carbocycles. The van der Waals surface area contributed by atoms with Gasteiger partial charge in [-0.05, 0) is 36.8 Å². The van der Waals surface area contributed by atoms with Crippen molar-refractivity contribution in [1.82, 2.24) is 10.2 Å². The van der Waals surface area contributed by atoms with Gasteiger partial charge in [-0.25, -0.2) is 0 Å². The van der Waals surface area contributed by atoms with Gasteiger partial charge >= 0.3 is 12.1 Å². The van der Waals surface area contributed by atoms with Gasteiger partial charge in [0.2, 0.25) is 5.91 Å². The van der Waals surface area contributed by atoms with Crippen LogP contribution in [-0.4, -0.2) is 42.5 Å². The molecule has 7 heteroatoms. The van der Waals surface area contributed by atoms with Gasteiger partial charge in [-0.15, -0.1) is 0 Å². The number of piperidine rings is 1. The molecule has 1 N–H and O–H groups in total. The summed E-state index contributed by atoms with van der Waals surface area (Å²) in [6, 6.07) is 7.69. The smallest absolute Gasteiger partial charge is 0.348 e. The third-order valence-electron chi connectivity index (χ3n) is 4.38. The Kier molecular flexibility index (Phi) is 5.85. The van der Waals surface area contributed by atoms with Crippen LogP contribution in [0.4, 0.5) is 13.2 Å². The van der Waals surface area contributed by atoms with E-state index in [1.165, 1.54) is 0 Å². The number of amides is 2. The van der Waals surface area contributed by atoms with E-state index >= 15 is 0 Å². The molecule has 1 heterocycles. The first-order valence-corrected chi connectivity index (χ1v) is 7.94. The summed E-state index contributed by atoms with van der Waals surface area (Å²) < 4.78 is 36.4. The quantitative estimate of drug-likeness (QED) is 0.914. The Morgan fingerprint density at radius 1 is 1.21 bits per heavy atom. The van der Waals surface area contributed by atoms with E-state index in [9.17, 15) is 22.8 Å². The second-order valence-electron chi connectivity index (χ2n) is 6.14. The van der Waals surface area contributed by atoms with Crippen LogP contribution in [0.3, 0.4) is 0 Å². The number of carbonyl (C=O) groups excluding carboxylic acids is 2. The van der Waals surface area contributed by atoms with E-state index in [1.807, 2.05) is 36.5 Å². The maximum absolute atomic E-state index is 12.3. The average Bonchev–Trinajstić information content (AvgIpc) is 2.54. The Morgan fingerprint density at radius 3 is 2.42 bits per heavy atom. The molecule has 1 aliphatic heterocycles. The van der Waals surface area contributed by atoms with E-state index in [0.717, 1.165) is 11.1 Å². The normalized spacial score (nSPS) is 16.1. The van der Waals surface area contributed by atoms with Crippen molar-refractivity contribution in [1.29, 1.82) is 0 Å². The van der Waals surface area contributed by atoms with Gasteiger partial charge in [-0.2, -0.15) is 13.2 Å². The van der Waals surface area contributed by atoms with Crippen LogP contribution >= 0.6 is 0 Å². The maximum Gasteiger partial charge on any atom is 0.471 e. The minimum Gasteiger partial charge on any atom is -0.348 e. The van der Waals surface area contributed by atoms with E-state index < -0.39 is 12.1 Å². The number of likely N-dealkylation sites (tertiary alicyclic amines) is 1. The van der Waals surface area contributed by atoms with E-state index in [-0.39, 0.29) is 18.4 Å². The first-order chi connectivity index (χ1) is 11.3. The summed E-state index contributed by atoms with van der Waals surface area (Å²) in [7, 11) is 0. The number of carbonyl (C=O) groups is 2. The fraction of sp³-hybridized carbons (Fsp3) is 0.529. The summed E-state index contributed by atoms with van der Waals surface area (Å²) in [6.07, 6.45) is -3.32. The standard InChI is InChI=1S/C17H21F3N2O2/c1-12-4-2-3-5-14(12)10-15(23)22-8-6-13(7-9-22)11-21-16(24)17(18,19)20/h2-5,13H,6-11H2,1H3,(H,21,24). The first kappa shape index (κ1) is 18.3. The predicted molar refractivity (Wildman–Crippen MR) is 83.3 cm³/mol. The fourth-order valence-corrected chi connectivity index (χ4v) is 2.81. The molecule has 1 fully saturated rings. The molecule has 0 radical (unpaired) electrons. The van der Waals surface area contributed by atoms with Crippen molar-refractivity contribution in [3.05, 3.63) is 35.4 Å². The molecule has 0 atom stereocenters. The predicted octanol–water partition coefficient (Wildman–Crippen LogP) is 2.45. The van der Waals surface area contributed by atoms with Crippen molar-refractivity contribution in [3.63, 3.8) is 0 Å². The molecular formula is C17H21F3N2O2. The molecule has 0 spiro atoms. The third-order valence-corrected chi connectivity index (χ3v) is 4.38. The minimum atomic E-state index is -4.84. The average molecular weight is 342 g/mol. The number of aryl methyl sites for hydroxylation is 1. The Hall–Kier alpha value is -2.05. The third kappa shape index (κ3) is 4.97. The van der Waals surface area contributed by atoms with Crippen molar-refractivity contribution in [2.45, 2.75) is 32.4 Å². The van der Waals surface area contributed by atoms with Gasteiger partial charge in [0.25, 0.3) is 0 Å². The van der Waals surface area contributed by atoms with E-state index in [0.29, 0.717) is 32.4 Å². The fourth-order valence-electron chi connectivity index (χ4n) is 2.81. The van der Waals surface area contributed by atoms with Crippen molar-refractivity contribution < 1.29 is 22.8 Å². The Labute approximate surface area is 139 Å². The number of nitrogens with zero attached hydrogens (tertiary/aromatic N) is 1. The zero-order chi connectivity index (χ0) is 17.7. The Bertz CT molecular complexity index is 594. The van der Waals surface area contributed by atoms with Crippen molar-refractivity contribution in [3.8, 4) is 0 Å². The maximum atomic E-state index is 12.3. The number of halogens is 3. The first-order valence-electron chi connectivity index (χ1n) is 7.94. The van der Waals surface area contributed by atoms with Crippen LogP contribution in [0.1, 0.15) is 24.0 Å². The molecular weight excluding hydrogens is 321 g/mol. The number of nitrogens with one attached hydrogen (secondary N) is 1. The van der Waals surface area contributed by atoms with Crippen LogP contribution < -0.4 is 5.32 Å². The summed E-state index contributed by atoms with van der Waals surface area (Å²) >= 11 is 0. The largest absolute Gasteiger partial charge is 0.471 e. The molecule has 4 nitrogen and oxygen atoms in total. The molecule has 0 aromatic heterocycles. The lowest BCUT2D eigenvalue weighted by Crippen LogP contribution is -2.44.